The lowest BCUT2D eigenvalue weighted by atomic mass is 9.77. The average Bonchev–Trinajstić information content (AvgIpc) is 3.54. The van der Waals surface area contributed by atoms with Crippen molar-refractivity contribution in [2.24, 2.45) is 17.8 Å². The second-order valence-electron chi connectivity index (χ2n) is 14.5. The maximum Gasteiger partial charge on any atom is 0.267 e. The molecule has 3 amide bonds. The van der Waals surface area contributed by atoms with Crippen molar-refractivity contribution >= 4 is 17.7 Å². The van der Waals surface area contributed by atoms with Gasteiger partial charge < -0.3 is 50.2 Å². The fraction of sp³-hybridized carbons (Fsp3) is 0.794. The third-order valence-electron chi connectivity index (χ3n) is 9.76. The molecule has 1 aromatic rings. The van der Waals surface area contributed by atoms with Gasteiger partial charge in [-0.05, 0) is 78.1 Å². The first-order valence-electron chi connectivity index (χ1n) is 17.0. The van der Waals surface area contributed by atoms with E-state index in [0.717, 1.165) is 0 Å². The van der Waals surface area contributed by atoms with E-state index in [-0.39, 0.29) is 42.7 Å². The van der Waals surface area contributed by atoms with E-state index in [4.69, 9.17) is 9.47 Å². The number of hydrogen-bond donors (Lipinski definition) is 6. The molecule has 0 aromatic carbocycles. The lowest BCUT2D eigenvalue weighted by Gasteiger charge is -2.46. The van der Waals surface area contributed by atoms with Crippen LogP contribution in [0.5, 0.6) is 0 Å². The van der Waals surface area contributed by atoms with Crippen molar-refractivity contribution in [1.29, 1.82) is 0 Å². The van der Waals surface area contributed by atoms with Crippen LogP contribution in [-0.2, 0) is 19.1 Å². The Labute approximate surface area is 279 Å². The van der Waals surface area contributed by atoms with Crippen LogP contribution in [-0.4, -0.2) is 130 Å². The van der Waals surface area contributed by atoms with E-state index >= 15 is 0 Å². The van der Waals surface area contributed by atoms with Crippen molar-refractivity contribution in [3.05, 3.63) is 24.0 Å². The van der Waals surface area contributed by atoms with Crippen LogP contribution in [0.2, 0.25) is 0 Å². The molecule has 6 N–H and O–H groups in total. The summed E-state index contributed by atoms with van der Waals surface area (Å²) in [6.07, 6.45) is -0.0522. The highest BCUT2D eigenvalue weighted by Crippen LogP contribution is 2.35. The average molecular weight is 666 g/mol. The van der Waals surface area contributed by atoms with Gasteiger partial charge in [0.1, 0.15) is 11.8 Å². The van der Waals surface area contributed by atoms with E-state index in [0.29, 0.717) is 44.5 Å². The molecule has 1 aromatic heterocycles. The fourth-order valence-electron chi connectivity index (χ4n) is 7.09. The van der Waals surface area contributed by atoms with E-state index < -0.39 is 54.0 Å². The molecular weight excluding hydrogens is 606 g/mol. The number of likely N-dealkylation sites (N-methyl/N-ethyl adjacent to an activating group) is 1. The van der Waals surface area contributed by atoms with Crippen LogP contribution in [0.3, 0.4) is 0 Å². The molecule has 0 radical (unpaired) electrons. The number of aromatic amines is 1. The number of H-pyrrole nitrogens is 1. The highest BCUT2D eigenvalue weighted by molar-refractivity contribution is 5.92. The zero-order valence-electron chi connectivity index (χ0n) is 29.4. The van der Waals surface area contributed by atoms with Crippen molar-refractivity contribution in [1.82, 2.24) is 25.4 Å². The largest absolute Gasteiger partial charge is 0.392 e. The van der Waals surface area contributed by atoms with E-state index in [1.165, 1.54) is 0 Å². The molecule has 0 spiro atoms. The van der Waals surface area contributed by atoms with Gasteiger partial charge in [0.05, 0.1) is 29.8 Å². The molecule has 0 bridgehead atoms. The lowest BCUT2D eigenvalue weighted by molar-refractivity contribution is -0.299. The normalized spacial score (nSPS) is 36.6. The minimum Gasteiger partial charge on any atom is -0.392 e. The Kier molecular flexibility index (Phi) is 14.2. The monoisotopic (exact) mass is 665 g/mol. The smallest absolute Gasteiger partial charge is 0.267 e. The van der Waals surface area contributed by atoms with Crippen molar-refractivity contribution in [2.45, 2.75) is 122 Å². The summed E-state index contributed by atoms with van der Waals surface area (Å²) in [5.41, 5.74) is -1.02. The highest BCUT2D eigenvalue weighted by atomic mass is 16.7. The van der Waals surface area contributed by atoms with E-state index in [1.54, 1.807) is 51.0 Å². The van der Waals surface area contributed by atoms with Gasteiger partial charge in [-0.25, -0.2) is 0 Å². The van der Waals surface area contributed by atoms with E-state index in [9.17, 15) is 29.7 Å². The summed E-state index contributed by atoms with van der Waals surface area (Å²) in [4.78, 5) is 45.5. The highest BCUT2D eigenvalue weighted by Gasteiger charge is 2.47. The Morgan fingerprint density at radius 3 is 2.51 bits per heavy atom. The van der Waals surface area contributed by atoms with Crippen molar-refractivity contribution < 1.29 is 39.2 Å². The SMILES string of the molecule is C[C@H]1CN(C)C(=O)C[C@H](CCCCNC(=O)c2ccc[nH]2)NC(=O)[C@H](C)[C@@H](O)[C@H](C)[C@@H](O[C@@H]2O[C@H](C)C[C@H](N(C)C)[C@H]2O)[C@](C)(O)C1. The summed E-state index contributed by atoms with van der Waals surface area (Å²) >= 11 is 0. The second-order valence-corrected chi connectivity index (χ2v) is 14.5. The molecule has 268 valence electrons. The van der Waals surface area contributed by atoms with Crippen LogP contribution in [0.1, 0.15) is 83.6 Å². The maximum absolute atomic E-state index is 13.5. The molecule has 0 unspecified atom stereocenters. The van der Waals surface area contributed by atoms with Gasteiger partial charge in [-0.2, -0.15) is 0 Å². The summed E-state index contributed by atoms with van der Waals surface area (Å²) in [6.45, 7) is 9.65. The number of carbonyl (C=O) groups is 3. The number of aliphatic hydroxyl groups excluding tert-OH is 2. The molecule has 13 heteroatoms. The quantitative estimate of drug-likeness (QED) is 0.213. The summed E-state index contributed by atoms with van der Waals surface area (Å²) < 4.78 is 12.4. The Morgan fingerprint density at radius 2 is 1.87 bits per heavy atom. The molecule has 3 heterocycles. The number of ether oxygens (including phenoxy) is 2. The first-order chi connectivity index (χ1) is 22.0. The Balaban J connectivity index is 1.77. The summed E-state index contributed by atoms with van der Waals surface area (Å²) in [6, 6.07) is 2.75. The minimum atomic E-state index is -1.50. The van der Waals surface area contributed by atoms with Crippen molar-refractivity contribution in [2.75, 3.05) is 34.2 Å². The molecule has 3 rings (SSSR count). The van der Waals surface area contributed by atoms with Gasteiger partial charge >= 0.3 is 0 Å². The van der Waals surface area contributed by atoms with Crippen molar-refractivity contribution in [3.8, 4) is 0 Å². The number of rotatable bonds is 9. The van der Waals surface area contributed by atoms with Crippen LogP contribution in [0, 0.1) is 17.8 Å². The van der Waals surface area contributed by atoms with Crippen LogP contribution in [0.25, 0.3) is 0 Å². The third kappa shape index (κ3) is 10.7. The zero-order chi connectivity index (χ0) is 35.1. The molecule has 47 heavy (non-hydrogen) atoms. The van der Waals surface area contributed by atoms with E-state index in [2.05, 4.69) is 15.6 Å². The number of carbonyl (C=O) groups excluding carboxylic acids is 3. The van der Waals surface area contributed by atoms with Gasteiger partial charge in [-0.3, -0.25) is 14.4 Å². The number of aliphatic hydroxyl groups is 3. The summed E-state index contributed by atoms with van der Waals surface area (Å²) in [5, 5.41) is 40.5. The molecule has 0 aliphatic carbocycles. The predicted octanol–water partition coefficient (Wildman–Crippen LogP) is 1.48. The number of amides is 3. The first-order valence-corrected chi connectivity index (χ1v) is 17.0. The maximum atomic E-state index is 13.5. The third-order valence-corrected chi connectivity index (χ3v) is 9.76. The number of nitrogens with zero attached hydrogens (tertiary/aromatic N) is 2. The van der Waals surface area contributed by atoms with Crippen molar-refractivity contribution in [3.63, 3.8) is 0 Å². The fourth-order valence-corrected chi connectivity index (χ4v) is 7.09. The molecule has 2 aliphatic rings. The molecular formula is C34H59N5O8. The number of aromatic nitrogens is 1. The topological polar surface area (TPSA) is 177 Å². The molecule has 13 nitrogen and oxygen atoms in total. The Bertz CT molecular complexity index is 1150. The van der Waals surface area contributed by atoms with Gasteiger partial charge in [0.15, 0.2) is 6.29 Å². The van der Waals surface area contributed by atoms with Gasteiger partial charge in [0.25, 0.3) is 5.91 Å². The number of hydrogen-bond acceptors (Lipinski definition) is 9. The molecule has 11 atom stereocenters. The van der Waals surface area contributed by atoms with Gasteiger partial charge in [0.2, 0.25) is 11.8 Å². The molecule has 2 fully saturated rings. The van der Waals surface area contributed by atoms with Crippen LogP contribution < -0.4 is 10.6 Å². The Hall–Kier alpha value is -2.55. The summed E-state index contributed by atoms with van der Waals surface area (Å²) in [5.74, 6) is -2.51. The number of unbranched alkanes of at least 4 members (excludes halogenated alkanes) is 1. The van der Waals surface area contributed by atoms with Gasteiger partial charge in [-0.15, -0.1) is 0 Å². The minimum absolute atomic E-state index is 0.0897. The van der Waals surface area contributed by atoms with E-state index in [1.807, 2.05) is 32.8 Å². The Morgan fingerprint density at radius 1 is 1.17 bits per heavy atom. The zero-order valence-corrected chi connectivity index (χ0v) is 29.4. The van der Waals surface area contributed by atoms with Crippen LogP contribution in [0.4, 0.5) is 0 Å². The summed E-state index contributed by atoms with van der Waals surface area (Å²) in [7, 11) is 5.47. The van der Waals surface area contributed by atoms with Crippen LogP contribution >= 0.6 is 0 Å². The number of nitrogens with one attached hydrogen (secondary N) is 3. The van der Waals surface area contributed by atoms with Gasteiger partial charge in [-0.1, -0.05) is 20.8 Å². The second kappa shape index (κ2) is 17.2. The standard InChI is InChI=1S/C34H59N5O8/c1-20-18-34(5,45)30(47-33-29(42)26(38(6)7)16-21(2)46-33)22(3)28(41)23(4)31(43)37-24(17-27(40)39(8)19-20)12-9-10-14-36-32(44)25-13-11-15-35-25/h11,13,15,20-24,26,28-30,33,35,41-42,45H,9-10,12,14,16-19H2,1-8H3,(H,36,44)(H,37,43)/t20-,21-,22+,23-,24+,26+,28+,29-,30-,33+,34-/m1/s1. The molecule has 0 saturated carbocycles. The molecule has 2 saturated heterocycles. The first kappa shape index (κ1) is 38.9. The van der Waals surface area contributed by atoms with Crippen LogP contribution in [0.15, 0.2) is 18.3 Å². The lowest BCUT2D eigenvalue weighted by Crippen LogP contribution is -2.59. The predicted molar refractivity (Wildman–Crippen MR) is 177 cm³/mol. The van der Waals surface area contributed by atoms with Gasteiger partial charge in [0, 0.05) is 50.8 Å². The molecule has 2 aliphatic heterocycles.